The fourth-order valence-electron chi connectivity index (χ4n) is 4.52. The third-order valence-electron chi connectivity index (χ3n) is 6.69. The van der Waals surface area contributed by atoms with Gasteiger partial charge in [0.1, 0.15) is 6.61 Å². The molecule has 0 aromatic heterocycles. The summed E-state index contributed by atoms with van der Waals surface area (Å²) >= 11 is 0. The highest BCUT2D eigenvalue weighted by atomic mass is 16.6. The molecule has 0 N–H and O–H groups in total. The Hall–Kier alpha value is -1.66. The van der Waals surface area contributed by atoms with Gasteiger partial charge in [-0.05, 0) is 58.4 Å². The van der Waals surface area contributed by atoms with Crippen molar-refractivity contribution in [1.82, 2.24) is 0 Å². The lowest BCUT2D eigenvalue weighted by Gasteiger charge is -2.29. The number of fused-ring (bicyclic) bond motifs is 1. The first-order chi connectivity index (χ1) is 13.6. The molecule has 6 nitrogen and oxygen atoms in total. The maximum Gasteiger partial charge on any atom is 0.313 e. The molecule has 1 saturated carbocycles. The van der Waals surface area contributed by atoms with Crippen molar-refractivity contribution in [2.45, 2.75) is 83.2 Å². The van der Waals surface area contributed by atoms with E-state index in [9.17, 15) is 9.59 Å². The van der Waals surface area contributed by atoms with Gasteiger partial charge >= 0.3 is 11.9 Å². The molecule has 2 saturated heterocycles. The highest BCUT2D eigenvalue weighted by molar-refractivity contribution is 5.76. The summed E-state index contributed by atoms with van der Waals surface area (Å²) in [5, 5.41) is 0. The van der Waals surface area contributed by atoms with Gasteiger partial charge in [0.2, 0.25) is 0 Å². The molecule has 0 radical (unpaired) electrons. The van der Waals surface area contributed by atoms with Crippen LogP contribution in [0.3, 0.4) is 0 Å². The molecule has 3 rings (SSSR count). The van der Waals surface area contributed by atoms with Gasteiger partial charge in [0, 0.05) is 12.8 Å². The number of ether oxygens (including phenoxy) is 4. The van der Waals surface area contributed by atoms with Gasteiger partial charge < -0.3 is 18.9 Å². The molecule has 3 fully saturated rings. The van der Waals surface area contributed by atoms with Crippen molar-refractivity contribution >= 4 is 11.9 Å². The van der Waals surface area contributed by atoms with E-state index in [0.717, 1.165) is 43.3 Å². The van der Waals surface area contributed by atoms with Crippen molar-refractivity contribution in [2.75, 3.05) is 13.7 Å². The normalized spacial score (nSPS) is 36.2. The molecule has 6 heteroatoms. The van der Waals surface area contributed by atoms with E-state index in [0.29, 0.717) is 0 Å². The highest BCUT2D eigenvalue weighted by Crippen LogP contribution is 2.48. The van der Waals surface area contributed by atoms with E-state index in [4.69, 9.17) is 18.9 Å². The lowest BCUT2D eigenvalue weighted by atomic mass is 9.77. The summed E-state index contributed by atoms with van der Waals surface area (Å²) in [6.45, 7) is 12.0. The number of carbonyl (C=O) groups is 2. The van der Waals surface area contributed by atoms with Crippen LogP contribution in [0.1, 0.15) is 59.8 Å². The monoisotopic (exact) mass is 406 g/mol. The first-order valence-corrected chi connectivity index (χ1v) is 10.5. The van der Waals surface area contributed by atoms with Crippen molar-refractivity contribution in [3.8, 4) is 0 Å². The summed E-state index contributed by atoms with van der Waals surface area (Å²) < 4.78 is 22.1. The lowest BCUT2D eigenvalue weighted by Crippen LogP contribution is -2.30. The zero-order valence-corrected chi connectivity index (χ0v) is 18.3. The molecule has 2 aliphatic heterocycles. The third kappa shape index (κ3) is 5.10. The quantitative estimate of drug-likeness (QED) is 0.380. The van der Waals surface area contributed by atoms with E-state index < -0.39 is 5.92 Å². The van der Waals surface area contributed by atoms with Crippen LogP contribution in [-0.4, -0.2) is 49.1 Å². The van der Waals surface area contributed by atoms with Crippen molar-refractivity contribution in [3.63, 3.8) is 0 Å². The second-order valence-corrected chi connectivity index (χ2v) is 9.27. The van der Waals surface area contributed by atoms with Crippen LogP contribution >= 0.6 is 0 Å². The Bertz CT molecular complexity index is 708. The van der Waals surface area contributed by atoms with Crippen molar-refractivity contribution < 1.29 is 28.5 Å². The van der Waals surface area contributed by atoms with Crippen molar-refractivity contribution in [1.29, 1.82) is 0 Å². The average Bonchev–Trinajstić information content (AvgIpc) is 3.49. The minimum atomic E-state index is -0.448. The number of rotatable bonds is 6. The Balaban J connectivity index is 1.89. The summed E-state index contributed by atoms with van der Waals surface area (Å²) in [6, 6.07) is 0. The van der Waals surface area contributed by atoms with E-state index in [1.807, 2.05) is 0 Å². The van der Waals surface area contributed by atoms with Crippen LogP contribution in [0.15, 0.2) is 23.8 Å². The number of hydrogen-bond donors (Lipinski definition) is 0. The smallest absolute Gasteiger partial charge is 0.313 e. The Labute approximate surface area is 173 Å². The summed E-state index contributed by atoms with van der Waals surface area (Å²) in [5.74, 6) is -1.21. The van der Waals surface area contributed by atoms with Gasteiger partial charge in [0.05, 0.1) is 36.4 Å². The number of carbonyl (C=O) groups excluding carboxylic acids is 2. The Morgan fingerprint density at radius 1 is 1.24 bits per heavy atom. The second-order valence-electron chi connectivity index (χ2n) is 9.27. The van der Waals surface area contributed by atoms with Gasteiger partial charge in [-0.3, -0.25) is 9.59 Å². The molecule has 0 spiro atoms. The van der Waals surface area contributed by atoms with E-state index in [2.05, 4.69) is 33.4 Å². The first kappa shape index (κ1) is 22.0. The number of hydrogen-bond acceptors (Lipinski definition) is 6. The van der Waals surface area contributed by atoms with Crippen LogP contribution in [0.4, 0.5) is 0 Å². The molecule has 2 heterocycles. The van der Waals surface area contributed by atoms with E-state index in [1.54, 1.807) is 0 Å². The third-order valence-corrected chi connectivity index (χ3v) is 6.69. The molecule has 0 amide bonds. The molecule has 29 heavy (non-hydrogen) atoms. The fraction of sp³-hybridized carbons (Fsp3) is 0.739. The number of methoxy groups -OCH3 is 1. The molecular formula is C23H34O6. The molecule has 5 atom stereocenters. The summed E-state index contributed by atoms with van der Waals surface area (Å²) in [7, 11) is 1.41. The number of epoxide rings is 2. The lowest BCUT2D eigenvalue weighted by molar-refractivity contribution is -0.145. The van der Waals surface area contributed by atoms with Crippen LogP contribution in [0.25, 0.3) is 0 Å². The Morgan fingerprint density at radius 2 is 1.93 bits per heavy atom. The standard InChI is InChI=1S/C23H34O6/c1-14-7-9-19-23(5,29-19)12-11-17(20(14)21(25)26-6)16(13-27-15(2)24)8-10-18-22(3,4)28-18/h8,17-20H,1,7,9-13H2,2-6H3/b16-8-/t17-,18?,19-,20+,23+/m0/s1. The minimum Gasteiger partial charge on any atom is -0.469 e. The summed E-state index contributed by atoms with van der Waals surface area (Å²) in [5.41, 5.74) is 1.52. The van der Waals surface area contributed by atoms with Crippen molar-refractivity contribution in [3.05, 3.63) is 23.8 Å². The van der Waals surface area contributed by atoms with Crippen LogP contribution < -0.4 is 0 Å². The summed E-state index contributed by atoms with van der Waals surface area (Å²) in [6.07, 6.45) is 6.33. The minimum absolute atomic E-state index is 0.130. The average molecular weight is 407 g/mol. The first-order valence-electron chi connectivity index (χ1n) is 10.5. The van der Waals surface area contributed by atoms with Crippen LogP contribution in [0.2, 0.25) is 0 Å². The van der Waals surface area contributed by atoms with Gasteiger partial charge in [-0.1, -0.05) is 18.2 Å². The second kappa shape index (κ2) is 8.23. The molecule has 1 aliphatic carbocycles. The van der Waals surface area contributed by atoms with Crippen molar-refractivity contribution in [2.24, 2.45) is 11.8 Å². The molecular weight excluding hydrogens is 372 g/mol. The van der Waals surface area contributed by atoms with Gasteiger partial charge in [-0.2, -0.15) is 0 Å². The largest absolute Gasteiger partial charge is 0.469 e. The predicted octanol–water partition coefficient (Wildman–Crippen LogP) is 3.74. The van der Waals surface area contributed by atoms with Crippen LogP contribution in [-0.2, 0) is 28.5 Å². The Kier molecular flexibility index (Phi) is 6.25. The molecule has 3 aliphatic rings. The van der Waals surface area contributed by atoms with Gasteiger partial charge in [0.15, 0.2) is 0 Å². The highest BCUT2D eigenvalue weighted by Gasteiger charge is 2.53. The SMILES string of the molecule is C=C1CC[C@@H]2O[C@]2(C)CC[C@@H](/C(=C\CC2OC2(C)C)COC(C)=O)[C@@H]1C(=O)OC. The predicted molar refractivity (Wildman–Crippen MR) is 108 cm³/mol. The number of esters is 2. The topological polar surface area (TPSA) is 77.7 Å². The van der Waals surface area contributed by atoms with Gasteiger partial charge in [-0.25, -0.2) is 0 Å². The van der Waals surface area contributed by atoms with Crippen LogP contribution in [0, 0.1) is 11.8 Å². The Morgan fingerprint density at radius 3 is 2.52 bits per heavy atom. The molecule has 1 unspecified atom stereocenters. The van der Waals surface area contributed by atoms with Crippen LogP contribution in [0.5, 0.6) is 0 Å². The molecule has 162 valence electrons. The summed E-state index contributed by atoms with van der Waals surface area (Å²) in [4.78, 5) is 24.3. The maximum atomic E-state index is 12.8. The van der Waals surface area contributed by atoms with Gasteiger partial charge in [0.25, 0.3) is 0 Å². The van der Waals surface area contributed by atoms with E-state index in [1.165, 1.54) is 14.0 Å². The zero-order chi connectivity index (χ0) is 21.4. The maximum absolute atomic E-state index is 12.8. The van der Waals surface area contributed by atoms with Gasteiger partial charge in [-0.15, -0.1) is 0 Å². The zero-order valence-electron chi connectivity index (χ0n) is 18.3. The van der Waals surface area contributed by atoms with E-state index >= 15 is 0 Å². The molecule has 0 bridgehead atoms. The molecule has 0 aromatic rings. The molecule has 0 aromatic carbocycles. The van der Waals surface area contributed by atoms with E-state index in [-0.39, 0.29) is 47.9 Å². The fourth-order valence-corrected chi connectivity index (χ4v) is 4.52.